The Balaban J connectivity index is 2.39. The number of hydrogen-bond acceptors (Lipinski definition) is 3. The Morgan fingerprint density at radius 2 is 1.80 bits per heavy atom. The van der Waals surface area contributed by atoms with Crippen LogP contribution in [-0.2, 0) is 10.2 Å². The summed E-state index contributed by atoms with van der Waals surface area (Å²) in [5.41, 5.74) is 6.20. The van der Waals surface area contributed by atoms with Crippen LogP contribution in [-0.4, -0.2) is 22.4 Å². The van der Waals surface area contributed by atoms with E-state index in [2.05, 4.69) is 53.7 Å². The van der Waals surface area contributed by atoms with Crippen LogP contribution in [0.4, 0.5) is 0 Å². The summed E-state index contributed by atoms with van der Waals surface area (Å²) < 4.78 is 0. The molecule has 1 aromatic heterocycles. The van der Waals surface area contributed by atoms with Crippen LogP contribution in [0, 0.1) is 0 Å². The maximum atomic E-state index is 12.3. The fourth-order valence-corrected chi connectivity index (χ4v) is 4.04. The van der Waals surface area contributed by atoms with Crippen LogP contribution in [0.1, 0.15) is 63.8 Å². The monoisotopic (exact) mass is 294 g/mol. The number of hydrogen-bond donors (Lipinski definition) is 1. The fraction of sp³-hybridized carbons (Fsp3) is 0.688. The van der Waals surface area contributed by atoms with Crippen molar-refractivity contribution in [2.75, 3.05) is 0 Å². The molecule has 0 radical (unpaired) electrons. The summed E-state index contributed by atoms with van der Waals surface area (Å²) in [6, 6.07) is 4.24. The zero-order valence-corrected chi connectivity index (χ0v) is 14.2. The molecule has 1 aromatic rings. The molecule has 1 aliphatic heterocycles. The maximum Gasteiger partial charge on any atom is 0.225 e. The molecule has 0 saturated carbocycles. The lowest BCUT2D eigenvalue weighted by Gasteiger charge is -2.37. The quantitative estimate of drug-likeness (QED) is 0.862. The molecule has 20 heavy (non-hydrogen) atoms. The van der Waals surface area contributed by atoms with Gasteiger partial charge in [0.15, 0.2) is 0 Å². The van der Waals surface area contributed by atoms with Gasteiger partial charge in [0.2, 0.25) is 5.91 Å². The van der Waals surface area contributed by atoms with Gasteiger partial charge in [-0.2, -0.15) is 0 Å². The van der Waals surface area contributed by atoms with E-state index < -0.39 is 0 Å². The summed E-state index contributed by atoms with van der Waals surface area (Å²) in [7, 11) is 0. The van der Waals surface area contributed by atoms with E-state index >= 15 is 0 Å². The number of thiophene rings is 1. The van der Waals surface area contributed by atoms with Crippen LogP contribution in [0.25, 0.3) is 0 Å². The lowest BCUT2D eigenvalue weighted by molar-refractivity contribution is -0.133. The zero-order valence-electron chi connectivity index (χ0n) is 13.4. The predicted molar refractivity (Wildman–Crippen MR) is 85.0 cm³/mol. The second-order valence-electron chi connectivity index (χ2n) is 7.70. The number of likely N-dealkylation sites (tertiary alicyclic amines) is 1. The first kappa shape index (κ1) is 15.5. The molecule has 2 unspecified atom stereocenters. The second kappa shape index (κ2) is 4.85. The van der Waals surface area contributed by atoms with Crippen LogP contribution < -0.4 is 5.73 Å². The third kappa shape index (κ3) is 2.77. The summed E-state index contributed by atoms with van der Waals surface area (Å²) in [5, 5.41) is 0. The first-order chi connectivity index (χ1) is 9.01. The molecule has 2 atom stereocenters. The van der Waals surface area contributed by atoms with Crippen molar-refractivity contribution in [1.82, 2.24) is 4.90 Å². The molecule has 3 nitrogen and oxygen atoms in total. The van der Waals surface area contributed by atoms with Crippen LogP contribution >= 0.6 is 11.3 Å². The van der Waals surface area contributed by atoms with E-state index in [9.17, 15) is 4.79 Å². The SMILES string of the molecule is CC(C)(C)c1ccc(C2C(N)CC(=O)N2C(C)(C)C)s1. The zero-order chi connectivity index (χ0) is 15.3. The van der Waals surface area contributed by atoms with Gasteiger partial charge >= 0.3 is 0 Å². The first-order valence-electron chi connectivity index (χ1n) is 7.20. The molecule has 1 saturated heterocycles. The van der Waals surface area contributed by atoms with Gasteiger partial charge in [0, 0.05) is 27.8 Å². The Bertz CT molecular complexity index is 507. The van der Waals surface area contributed by atoms with Crippen LogP contribution in [0.2, 0.25) is 0 Å². The summed E-state index contributed by atoms with van der Waals surface area (Å²) in [4.78, 5) is 16.8. The highest BCUT2D eigenvalue weighted by Crippen LogP contribution is 2.42. The molecule has 1 aliphatic rings. The number of carbonyl (C=O) groups is 1. The molecular weight excluding hydrogens is 268 g/mol. The van der Waals surface area contributed by atoms with Crippen molar-refractivity contribution >= 4 is 17.2 Å². The Kier molecular flexibility index (Phi) is 3.76. The average Bonchev–Trinajstić information content (AvgIpc) is 2.79. The van der Waals surface area contributed by atoms with Crippen molar-refractivity contribution in [2.24, 2.45) is 5.73 Å². The van der Waals surface area contributed by atoms with Gasteiger partial charge in [-0.15, -0.1) is 11.3 Å². The number of amides is 1. The summed E-state index contributed by atoms with van der Waals surface area (Å²) in [6.07, 6.45) is 0.449. The Morgan fingerprint density at radius 1 is 1.20 bits per heavy atom. The third-order valence-electron chi connectivity index (χ3n) is 3.74. The van der Waals surface area contributed by atoms with Gasteiger partial charge in [-0.05, 0) is 38.3 Å². The van der Waals surface area contributed by atoms with Crippen molar-refractivity contribution < 1.29 is 4.79 Å². The molecule has 0 spiro atoms. The minimum Gasteiger partial charge on any atom is -0.328 e. The molecule has 112 valence electrons. The summed E-state index contributed by atoms with van der Waals surface area (Å²) in [5.74, 6) is 0.167. The van der Waals surface area contributed by atoms with Gasteiger partial charge in [0.05, 0.1) is 6.04 Å². The van der Waals surface area contributed by atoms with Gasteiger partial charge in [-0.3, -0.25) is 4.79 Å². The minimum absolute atomic E-state index is 0.0172. The third-order valence-corrected chi connectivity index (χ3v) is 5.32. The molecule has 4 heteroatoms. The van der Waals surface area contributed by atoms with Crippen LogP contribution in [0.5, 0.6) is 0 Å². The number of rotatable bonds is 1. The van der Waals surface area contributed by atoms with Gasteiger partial charge in [0.25, 0.3) is 0 Å². The summed E-state index contributed by atoms with van der Waals surface area (Å²) in [6.45, 7) is 12.9. The van der Waals surface area contributed by atoms with Crippen molar-refractivity contribution in [2.45, 2.75) is 71.0 Å². The molecular formula is C16H26N2OS. The maximum absolute atomic E-state index is 12.3. The fourth-order valence-electron chi connectivity index (χ4n) is 2.80. The minimum atomic E-state index is -0.193. The van der Waals surface area contributed by atoms with E-state index in [4.69, 9.17) is 5.73 Å². The molecule has 1 amide bonds. The van der Waals surface area contributed by atoms with E-state index in [1.807, 2.05) is 4.90 Å². The number of carbonyl (C=O) groups excluding carboxylic acids is 1. The lowest BCUT2D eigenvalue weighted by atomic mass is 9.95. The standard InChI is InChI=1S/C16H26N2OS/c1-15(2,3)12-8-7-11(20-12)14-10(17)9-13(19)18(14)16(4,5)6/h7-8,10,14H,9,17H2,1-6H3. The van der Waals surface area contributed by atoms with Crippen LogP contribution in [0.3, 0.4) is 0 Å². The van der Waals surface area contributed by atoms with Crippen LogP contribution in [0.15, 0.2) is 12.1 Å². The average molecular weight is 294 g/mol. The highest BCUT2D eigenvalue weighted by atomic mass is 32.1. The lowest BCUT2D eigenvalue weighted by Crippen LogP contribution is -2.45. The Labute approximate surface area is 126 Å². The van der Waals surface area contributed by atoms with E-state index in [1.54, 1.807) is 11.3 Å². The molecule has 2 N–H and O–H groups in total. The Morgan fingerprint density at radius 3 is 2.25 bits per heavy atom. The van der Waals surface area contributed by atoms with E-state index in [0.717, 1.165) is 0 Å². The van der Waals surface area contributed by atoms with Gasteiger partial charge in [0.1, 0.15) is 0 Å². The Hall–Kier alpha value is -0.870. The molecule has 2 rings (SSSR count). The van der Waals surface area contributed by atoms with Crippen molar-refractivity contribution in [3.63, 3.8) is 0 Å². The smallest absolute Gasteiger partial charge is 0.225 e. The molecule has 2 heterocycles. The van der Waals surface area contributed by atoms with Crippen molar-refractivity contribution in [1.29, 1.82) is 0 Å². The normalized spacial score (nSPS) is 24.6. The number of nitrogens with zero attached hydrogens (tertiary/aromatic N) is 1. The first-order valence-corrected chi connectivity index (χ1v) is 8.01. The van der Waals surface area contributed by atoms with E-state index in [-0.39, 0.29) is 28.9 Å². The van der Waals surface area contributed by atoms with E-state index in [1.165, 1.54) is 9.75 Å². The van der Waals surface area contributed by atoms with Gasteiger partial charge in [-0.1, -0.05) is 20.8 Å². The van der Waals surface area contributed by atoms with Crippen molar-refractivity contribution in [3.05, 3.63) is 21.9 Å². The predicted octanol–water partition coefficient (Wildman–Crippen LogP) is 3.44. The van der Waals surface area contributed by atoms with Gasteiger partial charge < -0.3 is 10.6 Å². The number of nitrogens with two attached hydrogens (primary N) is 1. The summed E-state index contributed by atoms with van der Waals surface area (Å²) >= 11 is 1.79. The molecule has 0 bridgehead atoms. The molecule has 0 aliphatic carbocycles. The molecule has 0 aromatic carbocycles. The molecule has 1 fully saturated rings. The van der Waals surface area contributed by atoms with Crippen molar-refractivity contribution in [3.8, 4) is 0 Å². The second-order valence-corrected chi connectivity index (χ2v) is 8.81. The topological polar surface area (TPSA) is 46.3 Å². The highest BCUT2D eigenvalue weighted by molar-refractivity contribution is 7.12. The van der Waals surface area contributed by atoms with Gasteiger partial charge in [-0.25, -0.2) is 0 Å². The highest BCUT2D eigenvalue weighted by Gasteiger charge is 2.44. The largest absolute Gasteiger partial charge is 0.328 e. The van der Waals surface area contributed by atoms with E-state index in [0.29, 0.717) is 6.42 Å².